The third kappa shape index (κ3) is 2.33. The Morgan fingerprint density at radius 3 is 2.69 bits per heavy atom. The lowest BCUT2D eigenvalue weighted by atomic mass is 10.1. The number of nitrogens with zero attached hydrogens (tertiary/aromatic N) is 2. The number of aromatic nitrogens is 1. The van der Waals surface area contributed by atoms with Gasteiger partial charge in [0, 0.05) is 38.4 Å². The van der Waals surface area contributed by atoms with Gasteiger partial charge in [-0.1, -0.05) is 0 Å². The highest BCUT2D eigenvalue weighted by Crippen LogP contribution is 2.19. The van der Waals surface area contributed by atoms with Gasteiger partial charge in [0.25, 0.3) is 0 Å². The molecule has 0 amide bonds. The zero-order chi connectivity index (χ0) is 11.5. The molecule has 1 aromatic heterocycles. The third-order valence-electron chi connectivity index (χ3n) is 3.07. The van der Waals surface area contributed by atoms with E-state index < -0.39 is 0 Å². The highest BCUT2D eigenvalue weighted by atomic mass is 15.2. The molecule has 0 bridgehead atoms. The number of piperazine rings is 1. The molecule has 1 saturated heterocycles. The highest BCUT2D eigenvalue weighted by molar-refractivity contribution is 5.44. The zero-order valence-corrected chi connectivity index (χ0v) is 10.0. The molecule has 1 fully saturated rings. The number of anilines is 1. The summed E-state index contributed by atoms with van der Waals surface area (Å²) >= 11 is 0. The molecule has 1 aliphatic rings. The lowest BCUT2D eigenvalue weighted by Gasteiger charge is -2.29. The van der Waals surface area contributed by atoms with Crippen molar-refractivity contribution in [3.63, 3.8) is 0 Å². The summed E-state index contributed by atoms with van der Waals surface area (Å²) in [6.45, 7) is 8.24. The van der Waals surface area contributed by atoms with Crippen molar-refractivity contribution < 1.29 is 0 Å². The van der Waals surface area contributed by atoms with Crippen molar-refractivity contribution in [2.45, 2.75) is 19.9 Å². The largest absolute Gasteiger partial charge is 0.354 e. The minimum atomic E-state index is 0.0598. The summed E-state index contributed by atoms with van der Waals surface area (Å²) < 4.78 is 0. The summed E-state index contributed by atoms with van der Waals surface area (Å²) in [6, 6.07) is 2.20. The van der Waals surface area contributed by atoms with E-state index in [9.17, 15) is 0 Å². The molecule has 2 rings (SSSR count). The first-order valence-corrected chi connectivity index (χ1v) is 5.86. The molecule has 4 nitrogen and oxygen atoms in total. The van der Waals surface area contributed by atoms with E-state index in [1.807, 2.05) is 13.1 Å². The van der Waals surface area contributed by atoms with E-state index in [0.29, 0.717) is 0 Å². The first-order chi connectivity index (χ1) is 7.68. The third-order valence-corrected chi connectivity index (χ3v) is 3.07. The van der Waals surface area contributed by atoms with Crippen molar-refractivity contribution in [1.82, 2.24) is 10.3 Å². The fraction of sp³-hybridized carbons (Fsp3) is 0.583. The number of hydrogen-bond acceptors (Lipinski definition) is 4. The van der Waals surface area contributed by atoms with Crippen LogP contribution in [0.4, 0.5) is 5.82 Å². The number of hydrogen-bond donors (Lipinski definition) is 2. The maximum absolute atomic E-state index is 5.88. The predicted octanol–water partition coefficient (Wildman–Crippen LogP) is 0.819. The molecule has 0 saturated carbocycles. The standard InChI is InChI=1S/C12H20N4/c1-9-7-12(15-8-11(9)10(2)13)16-5-3-14-4-6-16/h7-8,10,14H,3-6,13H2,1-2H3/t10-/m0/s1. The van der Waals surface area contributed by atoms with Crippen molar-refractivity contribution in [3.05, 3.63) is 23.4 Å². The van der Waals surface area contributed by atoms with Crippen LogP contribution in [0.3, 0.4) is 0 Å². The van der Waals surface area contributed by atoms with Crippen molar-refractivity contribution in [1.29, 1.82) is 0 Å². The SMILES string of the molecule is Cc1cc(N2CCNCC2)ncc1[C@H](C)N. The number of rotatable bonds is 2. The summed E-state index contributed by atoms with van der Waals surface area (Å²) in [6.07, 6.45) is 1.91. The summed E-state index contributed by atoms with van der Waals surface area (Å²) in [7, 11) is 0. The van der Waals surface area contributed by atoms with Gasteiger partial charge in [-0.25, -0.2) is 4.98 Å². The summed E-state index contributed by atoms with van der Waals surface area (Å²) in [5.74, 6) is 1.07. The first kappa shape index (κ1) is 11.4. The maximum Gasteiger partial charge on any atom is 0.128 e. The monoisotopic (exact) mass is 220 g/mol. The molecule has 16 heavy (non-hydrogen) atoms. The average molecular weight is 220 g/mol. The van der Waals surface area contributed by atoms with E-state index in [4.69, 9.17) is 5.73 Å². The average Bonchev–Trinajstić information content (AvgIpc) is 2.29. The molecule has 1 aromatic rings. The molecular weight excluding hydrogens is 200 g/mol. The van der Waals surface area contributed by atoms with Crippen LogP contribution in [-0.4, -0.2) is 31.2 Å². The van der Waals surface area contributed by atoms with Crippen molar-refractivity contribution in [3.8, 4) is 0 Å². The normalized spacial score (nSPS) is 18.6. The molecule has 0 aromatic carbocycles. The quantitative estimate of drug-likeness (QED) is 0.775. The lowest BCUT2D eigenvalue weighted by molar-refractivity contribution is 0.584. The fourth-order valence-electron chi connectivity index (χ4n) is 2.10. The number of pyridine rings is 1. The fourth-order valence-corrected chi connectivity index (χ4v) is 2.10. The van der Waals surface area contributed by atoms with E-state index in [-0.39, 0.29) is 6.04 Å². The molecule has 0 aliphatic carbocycles. The minimum Gasteiger partial charge on any atom is -0.354 e. The van der Waals surface area contributed by atoms with E-state index >= 15 is 0 Å². The number of aryl methyl sites for hydroxylation is 1. The molecule has 1 atom stereocenters. The van der Waals surface area contributed by atoms with Gasteiger partial charge in [-0.05, 0) is 31.0 Å². The van der Waals surface area contributed by atoms with Crippen molar-refractivity contribution in [2.24, 2.45) is 5.73 Å². The Labute approximate surface area is 96.8 Å². The second kappa shape index (κ2) is 4.80. The summed E-state index contributed by atoms with van der Waals surface area (Å²) in [5, 5.41) is 3.34. The first-order valence-electron chi connectivity index (χ1n) is 5.86. The van der Waals surface area contributed by atoms with Crippen LogP contribution in [0.25, 0.3) is 0 Å². The Kier molecular flexibility index (Phi) is 3.41. The second-order valence-electron chi connectivity index (χ2n) is 4.42. The van der Waals surface area contributed by atoms with Gasteiger partial charge in [0.2, 0.25) is 0 Å². The van der Waals surface area contributed by atoms with Gasteiger partial charge in [0.1, 0.15) is 5.82 Å². The van der Waals surface area contributed by atoms with Crippen molar-refractivity contribution in [2.75, 3.05) is 31.1 Å². The van der Waals surface area contributed by atoms with Crippen LogP contribution in [0.1, 0.15) is 24.1 Å². The van der Waals surface area contributed by atoms with E-state index in [1.54, 1.807) is 0 Å². The Morgan fingerprint density at radius 2 is 2.12 bits per heavy atom. The van der Waals surface area contributed by atoms with Crippen LogP contribution < -0.4 is 16.0 Å². The van der Waals surface area contributed by atoms with Gasteiger partial charge >= 0.3 is 0 Å². The molecular formula is C12H20N4. The number of nitrogens with two attached hydrogens (primary N) is 1. The molecule has 0 unspecified atom stereocenters. The predicted molar refractivity (Wildman–Crippen MR) is 66.7 cm³/mol. The minimum absolute atomic E-state index is 0.0598. The molecule has 4 heteroatoms. The molecule has 0 spiro atoms. The van der Waals surface area contributed by atoms with Gasteiger partial charge in [0.05, 0.1) is 0 Å². The Hall–Kier alpha value is -1.13. The van der Waals surface area contributed by atoms with E-state index in [0.717, 1.165) is 37.6 Å². The van der Waals surface area contributed by atoms with Crippen LogP contribution in [0, 0.1) is 6.92 Å². The van der Waals surface area contributed by atoms with Gasteiger partial charge in [-0.3, -0.25) is 0 Å². The van der Waals surface area contributed by atoms with Gasteiger partial charge in [0.15, 0.2) is 0 Å². The Balaban J connectivity index is 2.19. The van der Waals surface area contributed by atoms with Crippen LogP contribution in [0.15, 0.2) is 12.3 Å². The molecule has 0 radical (unpaired) electrons. The Bertz CT molecular complexity index is 356. The van der Waals surface area contributed by atoms with Gasteiger partial charge in [-0.2, -0.15) is 0 Å². The van der Waals surface area contributed by atoms with Crippen molar-refractivity contribution >= 4 is 5.82 Å². The topological polar surface area (TPSA) is 54.2 Å². The molecule has 2 heterocycles. The molecule has 1 aliphatic heterocycles. The maximum atomic E-state index is 5.88. The molecule has 88 valence electrons. The smallest absolute Gasteiger partial charge is 0.128 e. The summed E-state index contributed by atoms with van der Waals surface area (Å²) in [5.41, 5.74) is 8.25. The van der Waals surface area contributed by atoms with Crippen LogP contribution in [-0.2, 0) is 0 Å². The Morgan fingerprint density at radius 1 is 1.44 bits per heavy atom. The van der Waals surface area contributed by atoms with Crippen LogP contribution in [0.5, 0.6) is 0 Å². The van der Waals surface area contributed by atoms with E-state index in [1.165, 1.54) is 5.56 Å². The second-order valence-corrected chi connectivity index (χ2v) is 4.42. The van der Waals surface area contributed by atoms with Crippen LogP contribution >= 0.6 is 0 Å². The molecule has 3 N–H and O–H groups in total. The van der Waals surface area contributed by atoms with E-state index in [2.05, 4.69) is 28.2 Å². The number of nitrogens with one attached hydrogen (secondary N) is 1. The lowest BCUT2D eigenvalue weighted by Crippen LogP contribution is -2.43. The highest BCUT2D eigenvalue weighted by Gasteiger charge is 2.13. The van der Waals surface area contributed by atoms with Gasteiger partial charge in [-0.15, -0.1) is 0 Å². The van der Waals surface area contributed by atoms with Gasteiger partial charge < -0.3 is 16.0 Å². The summed E-state index contributed by atoms with van der Waals surface area (Å²) in [4.78, 5) is 6.82. The zero-order valence-electron chi connectivity index (χ0n) is 10.0. The van der Waals surface area contributed by atoms with Crippen LogP contribution in [0.2, 0.25) is 0 Å².